The molecule has 2 N–H and O–H groups in total. The quantitative estimate of drug-likeness (QED) is 0.686. The van der Waals surface area contributed by atoms with E-state index in [4.69, 9.17) is 4.74 Å². The molecule has 7 nitrogen and oxygen atoms in total. The van der Waals surface area contributed by atoms with Gasteiger partial charge >= 0.3 is 5.92 Å². The van der Waals surface area contributed by atoms with Gasteiger partial charge in [-0.2, -0.15) is 8.78 Å². The predicted molar refractivity (Wildman–Crippen MR) is 101 cm³/mol. The Hall–Kier alpha value is -2.91. The van der Waals surface area contributed by atoms with Crippen LogP contribution in [0.25, 0.3) is 0 Å². The van der Waals surface area contributed by atoms with E-state index in [1.54, 1.807) is 6.92 Å². The van der Waals surface area contributed by atoms with Gasteiger partial charge in [-0.05, 0) is 25.2 Å². The van der Waals surface area contributed by atoms with Crippen LogP contribution in [0.5, 0.6) is 5.75 Å². The van der Waals surface area contributed by atoms with Gasteiger partial charge in [-0.25, -0.2) is 15.0 Å². The molecule has 2 aromatic heterocycles. The maximum Gasteiger partial charge on any atom is 0.303 e. The number of hydrogen-bond donors (Lipinski definition) is 2. The lowest BCUT2D eigenvalue weighted by Crippen LogP contribution is -2.15. The van der Waals surface area contributed by atoms with Gasteiger partial charge < -0.3 is 15.4 Å². The summed E-state index contributed by atoms with van der Waals surface area (Å²) in [4.78, 5) is 23.1. The van der Waals surface area contributed by atoms with Crippen molar-refractivity contribution < 1.29 is 22.7 Å². The van der Waals surface area contributed by atoms with Crippen LogP contribution in [0.3, 0.4) is 0 Å². The smallest absolute Gasteiger partial charge is 0.303 e. The zero-order valence-electron chi connectivity index (χ0n) is 16.3. The minimum atomic E-state index is -3.20. The molecule has 2 heterocycles. The highest BCUT2D eigenvalue weighted by Gasteiger charge is 2.37. The van der Waals surface area contributed by atoms with Crippen molar-refractivity contribution in [3.05, 3.63) is 29.8 Å². The third-order valence-electron chi connectivity index (χ3n) is 4.40. The first kappa shape index (κ1) is 20.8. The molecular weight excluding hydrogens is 387 g/mol. The van der Waals surface area contributed by atoms with Crippen molar-refractivity contribution in [1.82, 2.24) is 15.0 Å². The number of aryl methyl sites for hydroxylation is 1. The van der Waals surface area contributed by atoms with Gasteiger partial charge in [0.25, 0.3) is 0 Å². The second kappa shape index (κ2) is 8.22. The van der Waals surface area contributed by atoms with Gasteiger partial charge in [-0.1, -0.05) is 0 Å². The number of carbonyl (C=O) groups is 1. The Morgan fingerprint density at radius 3 is 2.66 bits per heavy atom. The van der Waals surface area contributed by atoms with Crippen molar-refractivity contribution in [2.24, 2.45) is 11.8 Å². The summed E-state index contributed by atoms with van der Waals surface area (Å²) in [7, 11) is 0. The first-order valence-electron chi connectivity index (χ1n) is 9.13. The average Bonchev–Trinajstić information content (AvgIpc) is 3.38. The molecule has 0 radical (unpaired) electrons. The molecule has 10 heteroatoms. The molecule has 1 fully saturated rings. The Kier molecular flexibility index (Phi) is 5.90. The van der Waals surface area contributed by atoms with Crippen molar-refractivity contribution in [2.45, 2.75) is 33.1 Å². The largest absolute Gasteiger partial charge is 0.489 e. The van der Waals surface area contributed by atoms with E-state index >= 15 is 0 Å². The van der Waals surface area contributed by atoms with Crippen molar-refractivity contribution >= 4 is 23.2 Å². The van der Waals surface area contributed by atoms with Gasteiger partial charge in [0.1, 0.15) is 11.6 Å². The van der Waals surface area contributed by atoms with Gasteiger partial charge in [0.2, 0.25) is 11.7 Å². The van der Waals surface area contributed by atoms with Crippen LogP contribution >= 0.6 is 0 Å². The Morgan fingerprint density at radius 2 is 2.03 bits per heavy atom. The van der Waals surface area contributed by atoms with Crippen molar-refractivity contribution in [2.75, 3.05) is 23.9 Å². The van der Waals surface area contributed by atoms with Gasteiger partial charge in [0.15, 0.2) is 5.75 Å². The fourth-order valence-corrected chi connectivity index (χ4v) is 2.77. The molecule has 0 bridgehead atoms. The van der Waals surface area contributed by atoms with Crippen LogP contribution < -0.4 is 15.4 Å². The van der Waals surface area contributed by atoms with E-state index in [1.807, 2.05) is 0 Å². The maximum atomic E-state index is 13.7. The molecule has 156 valence electrons. The summed E-state index contributed by atoms with van der Waals surface area (Å²) in [5, 5.41) is 5.48. The van der Waals surface area contributed by atoms with Crippen molar-refractivity contribution in [1.29, 1.82) is 0 Å². The number of pyridine rings is 1. The Labute approximate surface area is 166 Å². The van der Waals surface area contributed by atoms with E-state index in [9.17, 15) is 18.0 Å². The molecule has 1 saturated carbocycles. The van der Waals surface area contributed by atoms with E-state index in [1.165, 1.54) is 25.3 Å². The number of nitrogens with one attached hydrogen (secondary N) is 2. The minimum absolute atomic E-state index is 0.0110. The van der Waals surface area contributed by atoms with Crippen LogP contribution in [0, 0.1) is 18.8 Å². The van der Waals surface area contributed by atoms with Gasteiger partial charge in [-0.15, -0.1) is 0 Å². The van der Waals surface area contributed by atoms with Gasteiger partial charge in [0, 0.05) is 31.7 Å². The average molecular weight is 409 g/mol. The highest BCUT2D eigenvalue weighted by molar-refractivity contribution is 5.88. The van der Waals surface area contributed by atoms with Crippen molar-refractivity contribution in [3.8, 4) is 5.75 Å². The van der Waals surface area contributed by atoms with Crippen molar-refractivity contribution in [3.63, 3.8) is 0 Å². The number of hydrogen-bond acceptors (Lipinski definition) is 6. The molecule has 0 saturated heterocycles. The monoisotopic (exact) mass is 409 g/mol. The molecule has 2 atom stereocenters. The maximum absolute atomic E-state index is 13.7. The predicted octanol–water partition coefficient (Wildman–Crippen LogP) is 3.98. The molecule has 1 aliphatic carbocycles. The third-order valence-corrected chi connectivity index (χ3v) is 4.40. The number of halogens is 3. The van der Waals surface area contributed by atoms with Crippen LogP contribution in [0.4, 0.5) is 30.5 Å². The molecule has 1 amide bonds. The molecule has 0 aromatic carbocycles. The summed E-state index contributed by atoms with van der Waals surface area (Å²) in [6.45, 7) is 3.57. The number of nitrogens with zero attached hydrogens (tertiary/aromatic N) is 3. The van der Waals surface area contributed by atoms with E-state index in [0.29, 0.717) is 23.7 Å². The second-order valence-corrected chi connectivity index (χ2v) is 7.20. The normalized spacial score (nSPS) is 18.3. The molecule has 3 rings (SSSR count). The number of alkyl halides is 3. The number of aromatic nitrogens is 3. The number of amides is 1. The summed E-state index contributed by atoms with van der Waals surface area (Å²) < 4.78 is 45.8. The lowest BCUT2D eigenvalue weighted by molar-refractivity contribution is -0.114. The first-order chi connectivity index (χ1) is 13.7. The standard InChI is InChI=1S/C19H22F3N5O2/c1-10-4-17(27-18(24-10)19(3,21)22)26-14-6-16(25-11(2)28)23-8-15(14)29-9-13-5-12(13)7-20/h4,6,8,12-13H,5,7,9H2,1-3H3,(H2,23,24,25,26,27,28)/t12-,13+/m1/s1. The number of rotatable bonds is 8. The van der Waals surface area contributed by atoms with Crippen LogP contribution in [0.15, 0.2) is 18.3 Å². The number of ether oxygens (including phenoxy) is 1. The van der Waals surface area contributed by atoms with Crippen LogP contribution in [0.1, 0.15) is 31.8 Å². The molecule has 29 heavy (non-hydrogen) atoms. The van der Waals surface area contributed by atoms with E-state index in [2.05, 4.69) is 25.6 Å². The van der Waals surface area contributed by atoms with E-state index in [0.717, 1.165) is 13.3 Å². The lowest BCUT2D eigenvalue weighted by Gasteiger charge is -2.16. The van der Waals surface area contributed by atoms with Crippen LogP contribution in [-0.4, -0.2) is 34.1 Å². The summed E-state index contributed by atoms with van der Waals surface area (Å²) in [6.07, 6.45) is 2.17. The van der Waals surface area contributed by atoms with E-state index < -0.39 is 11.7 Å². The molecule has 1 aliphatic rings. The lowest BCUT2D eigenvalue weighted by atomic mass is 10.3. The number of anilines is 3. The minimum Gasteiger partial charge on any atom is -0.489 e. The fourth-order valence-electron chi connectivity index (χ4n) is 2.77. The van der Waals surface area contributed by atoms with E-state index in [-0.39, 0.29) is 36.1 Å². The number of carbonyl (C=O) groups excluding carboxylic acids is 1. The zero-order chi connectivity index (χ0) is 21.2. The molecule has 0 spiro atoms. The summed E-state index contributed by atoms with van der Waals surface area (Å²) >= 11 is 0. The Bertz CT molecular complexity index is 904. The highest BCUT2D eigenvalue weighted by Crippen LogP contribution is 2.40. The zero-order valence-corrected chi connectivity index (χ0v) is 16.3. The summed E-state index contributed by atoms with van der Waals surface area (Å²) in [5.41, 5.74) is 0.742. The Morgan fingerprint density at radius 1 is 1.28 bits per heavy atom. The van der Waals surface area contributed by atoms with Crippen LogP contribution in [0.2, 0.25) is 0 Å². The first-order valence-corrected chi connectivity index (χ1v) is 9.13. The van der Waals surface area contributed by atoms with Crippen LogP contribution in [-0.2, 0) is 10.7 Å². The van der Waals surface area contributed by atoms with Gasteiger partial charge in [0.05, 0.1) is 25.2 Å². The highest BCUT2D eigenvalue weighted by atomic mass is 19.3. The topological polar surface area (TPSA) is 89.0 Å². The fraction of sp³-hybridized carbons (Fsp3) is 0.474. The summed E-state index contributed by atoms with van der Waals surface area (Å²) in [5.74, 6) is -3.24. The molecule has 0 unspecified atom stereocenters. The second-order valence-electron chi connectivity index (χ2n) is 7.20. The molecule has 0 aliphatic heterocycles. The molecule has 2 aromatic rings. The summed E-state index contributed by atoms with van der Waals surface area (Å²) in [6, 6.07) is 3.02. The molecular formula is C19H22F3N5O2. The third kappa shape index (κ3) is 5.55. The Balaban J connectivity index is 1.86. The van der Waals surface area contributed by atoms with Gasteiger partial charge in [-0.3, -0.25) is 9.18 Å². The SMILES string of the molecule is CC(=O)Nc1cc(Nc2cc(C)nc(C(C)(F)F)n2)c(OC[C@@H]2C[C@@H]2CF)cn1.